The van der Waals surface area contributed by atoms with Crippen molar-refractivity contribution in [3.05, 3.63) is 66.2 Å². The summed E-state index contributed by atoms with van der Waals surface area (Å²) in [6.45, 7) is 0. The highest BCUT2D eigenvalue weighted by Crippen LogP contribution is 2.12. The van der Waals surface area contributed by atoms with Crippen molar-refractivity contribution in [2.45, 2.75) is 6.42 Å². The molecule has 0 aliphatic rings. The quantitative estimate of drug-likeness (QED) is 0.906. The molecule has 0 saturated carbocycles. The highest BCUT2D eigenvalue weighted by atomic mass is 16.1. The summed E-state index contributed by atoms with van der Waals surface area (Å²) in [5, 5.41) is 11.9. The zero-order valence-electron chi connectivity index (χ0n) is 10.4. The number of rotatable bonds is 4. The van der Waals surface area contributed by atoms with Crippen LogP contribution in [0.2, 0.25) is 0 Å². The summed E-state index contributed by atoms with van der Waals surface area (Å²) in [5.74, 6) is -0.944. The second-order valence-corrected chi connectivity index (χ2v) is 4.23. The summed E-state index contributed by atoms with van der Waals surface area (Å²) < 4.78 is 0. The van der Waals surface area contributed by atoms with E-state index in [1.165, 1.54) is 0 Å². The molecule has 0 fully saturated rings. The first-order valence-electron chi connectivity index (χ1n) is 6.09. The van der Waals surface area contributed by atoms with Gasteiger partial charge in [0.15, 0.2) is 0 Å². The van der Waals surface area contributed by atoms with Gasteiger partial charge in [0.2, 0.25) is 5.91 Å². The van der Waals surface area contributed by atoms with E-state index in [1.54, 1.807) is 12.1 Å². The van der Waals surface area contributed by atoms with Gasteiger partial charge in [-0.15, -0.1) is 0 Å². The molecule has 0 aromatic heterocycles. The number of carbonyl (C=O) groups is 1. The number of nitrogens with one attached hydrogen (secondary N) is 1. The fraction of sp³-hybridized carbons (Fsp3) is 0.125. The van der Waals surface area contributed by atoms with E-state index in [2.05, 4.69) is 11.4 Å². The Balaban J connectivity index is 2.02. The molecule has 1 N–H and O–H groups in total. The number of anilines is 1. The molecule has 1 unspecified atom stereocenters. The van der Waals surface area contributed by atoms with E-state index in [9.17, 15) is 4.79 Å². The zero-order valence-corrected chi connectivity index (χ0v) is 10.4. The fourth-order valence-electron chi connectivity index (χ4n) is 1.80. The van der Waals surface area contributed by atoms with Gasteiger partial charge >= 0.3 is 0 Å². The van der Waals surface area contributed by atoms with Crippen molar-refractivity contribution < 1.29 is 4.79 Å². The molecule has 3 heteroatoms. The lowest BCUT2D eigenvalue weighted by molar-refractivity contribution is -0.118. The van der Waals surface area contributed by atoms with E-state index in [1.807, 2.05) is 48.5 Å². The first kappa shape index (κ1) is 12.8. The number of para-hydroxylation sites is 1. The van der Waals surface area contributed by atoms with Crippen LogP contribution in [-0.2, 0) is 11.2 Å². The van der Waals surface area contributed by atoms with Crippen molar-refractivity contribution >= 4 is 11.6 Å². The summed E-state index contributed by atoms with van der Waals surface area (Å²) in [7, 11) is 0. The third kappa shape index (κ3) is 3.68. The molecule has 2 rings (SSSR count). The highest BCUT2D eigenvalue weighted by Gasteiger charge is 2.18. The van der Waals surface area contributed by atoms with Gasteiger partial charge in [-0.2, -0.15) is 5.26 Å². The number of carbonyl (C=O) groups excluding carboxylic acids is 1. The Kier molecular flexibility index (Phi) is 4.30. The summed E-state index contributed by atoms with van der Waals surface area (Å²) >= 11 is 0. The van der Waals surface area contributed by atoms with Gasteiger partial charge in [-0.25, -0.2) is 0 Å². The standard InChI is InChI=1S/C16H14N2O/c17-12-14(11-13-7-3-1-4-8-13)16(19)18-15-9-5-2-6-10-15/h1-10,14H,11H2,(H,18,19). The van der Waals surface area contributed by atoms with Crippen LogP contribution in [-0.4, -0.2) is 5.91 Å². The molecule has 2 aromatic carbocycles. The lowest BCUT2D eigenvalue weighted by Crippen LogP contribution is -2.23. The van der Waals surface area contributed by atoms with Gasteiger partial charge in [0.25, 0.3) is 0 Å². The Bertz CT molecular complexity index is 573. The van der Waals surface area contributed by atoms with Crippen LogP contribution in [0.25, 0.3) is 0 Å². The van der Waals surface area contributed by atoms with Crippen LogP contribution in [0.1, 0.15) is 5.56 Å². The maximum atomic E-state index is 12.0. The van der Waals surface area contributed by atoms with Gasteiger partial charge in [0.05, 0.1) is 6.07 Å². The van der Waals surface area contributed by atoms with Crippen molar-refractivity contribution in [1.29, 1.82) is 5.26 Å². The average molecular weight is 250 g/mol. The van der Waals surface area contributed by atoms with Crippen LogP contribution >= 0.6 is 0 Å². The Morgan fingerprint density at radius 2 is 1.63 bits per heavy atom. The molecule has 1 atom stereocenters. The van der Waals surface area contributed by atoms with Crippen molar-refractivity contribution in [1.82, 2.24) is 0 Å². The molecule has 19 heavy (non-hydrogen) atoms. The topological polar surface area (TPSA) is 52.9 Å². The minimum atomic E-state index is -0.678. The van der Waals surface area contributed by atoms with E-state index in [4.69, 9.17) is 5.26 Å². The minimum absolute atomic E-state index is 0.266. The molecular formula is C16H14N2O. The Labute approximate surface area is 112 Å². The third-order valence-electron chi connectivity index (χ3n) is 2.80. The highest BCUT2D eigenvalue weighted by molar-refractivity contribution is 5.94. The van der Waals surface area contributed by atoms with Gasteiger partial charge in [-0.1, -0.05) is 48.5 Å². The maximum absolute atomic E-state index is 12.0. The molecule has 0 spiro atoms. The summed E-state index contributed by atoms with van der Waals surface area (Å²) in [6, 6.07) is 20.8. The summed E-state index contributed by atoms with van der Waals surface area (Å²) in [6.07, 6.45) is 0.427. The molecule has 0 bridgehead atoms. The van der Waals surface area contributed by atoms with E-state index >= 15 is 0 Å². The maximum Gasteiger partial charge on any atom is 0.242 e. The molecule has 2 aromatic rings. The Morgan fingerprint density at radius 3 is 2.21 bits per heavy atom. The largest absolute Gasteiger partial charge is 0.325 e. The number of nitrogens with zero attached hydrogens (tertiary/aromatic N) is 1. The first-order chi connectivity index (χ1) is 9.29. The van der Waals surface area contributed by atoms with Crippen LogP contribution < -0.4 is 5.32 Å². The molecule has 94 valence electrons. The van der Waals surface area contributed by atoms with Crippen LogP contribution in [0, 0.1) is 17.2 Å². The predicted octanol–water partition coefficient (Wildman–Crippen LogP) is 3.01. The number of hydrogen-bond donors (Lipinski definition) is 1. The van der Waals surface area contributed by atoms with Crippen LogP contribution in [0.15, 0.2) is 60.7 Å². The second-order valence-electron chi connectivity index (χ2n) is 4.23. The molecule has 1 amide bonds. The molecular weight excluding hydrogens is 236 g/mol. The SMILES string of the molecule is N#CC(Cc1ccccc1)C(=O)Nc1ccccc1. The lowest BCUT2D eigenvalue weighted by Gasteiger charge is -2.10. The normalized spacial score (nSPS) is 11.3. The summed E-state index contributed by atoms with van der Waals surface area (Å²) in [4.78, 5) is 12.0. The molecule has 0 heterocycles. The van der Waals surface area contributed by atoms with Gasteiger partial charge in [-0.05, 0) is 24.1 Å². The third-order valence-corrected chi connectivity index (χ3v) is 2.80. The van der Waals surface area contributed by atoms with Crippen LogP contribution in [0.4, 0.5) is 5.69 Å². The number of hydrogen-bond acceptors (Lipinski definition) is 2. The fourth-order valence-corrected chi connectivity index (χ4v) is 1.80. The van der Waals surface area contributed by atoms with Gasteiger partial charge < -0.3 is 5.32 Å². The van der Waals surface area contributed by atoms with E-state index in [0.717, 1.165) is 5.56 Å². The van der Waals surface area contributed by atoms with Crippen LogP contribution in [0.5, 0.6) is 0 Å². The van der Waals surface area contributed by atoms with E-state index in [-0.39, 0.29) is 5.91 Å². The summed E-state index contributed by atoms with van der Waals surface area (Å²) in [5.41, 5.74) is 1.69. The molecule has 0 saturated heterocycles. The number of amides is 1. The van der Waals surface area contributed by atoms with Crippen molar-refractivity contribution in [3.63, 3.8) is 0 Å². The van der Waals surface area contributed by atoms with E-state index < -0.39 is 5.92 Å². The minimum Gasteiger partial charge on any atom is -0.325 e. The number of benzene rings is 2. The van der Waals surface area contributed by atoms with E-state index in [0.29, 0.717) is 12.1 Å². The Morgan fingerprint density at radius 1 is 1.05 bits per heavy atom. The van der Waals surface area contributed by atoms with Crippen molar-refractivity contribution in [2.75, 3.05) is 5.32 Å². The van der Waals surface area contributed by atoms with Crippen molar-refractivity contribution in [3.8, 4) is 6.07 Å². The monoisotopic (exact) mass is 250 g/mol. The van der Waals surface area contributed by atoms with Gasteiger partial charge in [0.1, 0.15) is 5.92 Å². The zero-order chi connectivity index (χ0) is 13.5. The van der Waals surface area contributed by atoms with Crippen molar-refractivity contribution in [2.24, 2.45) is 5.92 Å². The van der Waals surface area contributed by atoms with Gasteiger partial charge in [0, 0.05) is 5.69 Å². The number of nitriles is 1. The molecule has 0 aliphatic carbocycles. The second kappa shape index (κ2) is 6.36. The van der Waals surface area contributed by atoms with Gasteiger partial charge in [-0.3, -0.25) is 4.79 Å². The average Bonchev–Trinajstić information content (AvgIpc) is 2.47. The molecule has 3 nitrogen and oxygen atoms in total. The smallest absolute Gasteiger partial charge is 0.242 e. The first-order valence-corrected chi connectivity index (χ1v) is 6.09. The Hall–Kier alpha value is -2.60. The predicted molar refractivity (Wildman–Crippen MR) is 74.3 cm³/mol. The molecule has 0 radical (unpaired) electrons. The van der Waals surface area contributed by atoms with Crippen LogP contribution in [0.3, 0.4) is 0 Å². The molecule has 0 aliphatic heterocycles. The lowest BCUT2D eigenvalue weighted by atomic mass is 10.00.